The Morgan fingerprint density at radius 2 is 2.12 bits per heavy atom. The number of halogens is 1. The maximum atomic E-state index is 10.8. The third-order valence-electron chi connectivity index (χ3n) is 2.68. The summed E-state index contributed by atoms with van der Waals surface area (Å²) in [4.78, 5) is 12.7. The molecule has 0 aromatic heterocycles. The molecule has 0 bridgehead atoms. The molecule has 0 aliphatic rings. The number of hydrogen-bond acceptors (Lipinski definition) is 2. The second-order valence-corrected chi connectivity index (χ2v) is 4.88. The van der Waals surface area contributed by atoms with Crippen molar-refractivity contribution in [3.05, 3.63) is 34.3 Å². The molecule has 3 nitrogen and oxygen atoms in total. The zero-order valence-corrected chi connectivity index (χ0v) is 11.2. The van der Waals surface area contributed by atoms with E-state index in [4.69, 9.17) is 16.7 Å². The molecule has 94 valence electrons. The third-order valence-corrected chi connectivity index (χ3v) is 3.10. The van der Waals surface area contributed by atoms with Gasteiger partial charge in [0.1, 0.15) is 0 Å². The maximum absolute atomic E-state index is 10.8. The maximum Gasteiger partial charge on any atom is 0.317 e. The van der Waals surface area contributed by atoms with Gasteiger partial charge in [0.15, 0.2) is 0 Å². The highest BCUT2D eigenvalue weighted by atomic mass is 35.5. The van der Waals surface area contributed by atoms with Gasteiger partial charge in [-0.15, -0.1) is 0 Å². The summed E-state index contributed by atoms with van der Waals surface area (Å²) < 4.78 is 0. The van der Waals surface area contributed by atoms with Crippen LogP contribution in [0.3, 0.4) is 0 Å². The lowest BCUT2D eigenvalue weighted by atomic mass is 10.1. The zero-order valence-electron chi connectivity index (χ0n) is 10.4. The molecule has 0 amide bonds. The first-order chi connectivity index (χ1) is 7.90. The number of carboxylic acid groups (broad SMARTS) is 1. The summed E-state index contributed by atoms with van der Waals surface area (Å²) in [5.41, 5.74) is 2.10. The Labute approximate surface area is 107 Å². The van der Waals surface area contributed by atoms with E-state index in [1.165, 1.54) is 0 Å². The summed E-state index contributed by atoms with van der Waals surface area (Å²) in [6, 6.07) is 5.99. The highest BCUT2D eigenvalue weighted by molar-refractivity contribution is 6.31. The predicted molar refractivity (Wildman–Crippen MR) is 69.4 cm³/mol. The van der Waals surface area contributed by atoms with Crippen molar-refractivity contribution in [2.45, 2.75) is 33.4 Å². The number of carboxylic acids is 1. The lowest BCUT2D eigenvalue weighted by molar-refractivity contribution is -0.138. The van der Waals surface area contributed by atoms with Crippen molar-refractivity contribution < 1.29 is 9.90 Å². The van der Waals surface area contributed by atoms with E-state index >= 15 is 0 Å². The van der Waals surface area contributed by atoms with Gasteiger partial charge in [-0.1, -0.05) is 23.7 Å². The van der Waals surface area contributed by atoms with Crippen molar-refractivity contribution in [3.8, 4) is 0 Å². The molecular formula is C13H18ClNO2. The number of carbonyl (C=O) groups is 1. The van der Waals surface area contributed by atoms with Gasteiger partial charge < -0.3 is 5.11 Å². The summed E-state index contributed by atoms with van der Waals surface area (Å²) in [5, 5.41) is 9.59. The van der Waals surface area contributed by atoms with Crippen LogP contribution in [0.1, 0.15) is 25.0 Å². The van der Waals surface area contributed by atoms with E-state index in [0.717, 1.165) is 16.1 Å². The van der Waals surface area contributed by atoms with Gasteiger partial charge >= 0.3 is 5.97 Å². The van der Waals surface area contributed by atoms with Crippen LogP contribution in [0.2, 0.25) is 5.02 Å². The molecule has 0 radical (unpaired) electrons. The second-order valence-electron chi connectivity index (χ2n) is 4.48. The van der Waals surface area contributed by atoms with Gasteiger partial charge in [0.25, 0.3) is 0 Å². The molecule has 1 aromatic rings. The highest BCUT2D eigenvalue weighted by Crippen LogP contribution is 2.18. The van der Waals surface area contributed by atoms with Crippen LogP contribution < -0.4 is 0 Å². The van der Waals surface area contributed by atoms with Crippen molar-refractivity contribution in [1.29, 1.82) is 0 Å². The average Bonchev–Trinajstić information content (AvgIpc) is 2.21. The number of hydrogen-bond donors (Lipinski definition) is 1. The topological polar surface area (TPSA) is 40.5 Å². The molecule has 4 heteroatoms. The molecule has 0 aliphatic carbocycles. The molecule has 0 fully saturated rings. The van der Waals surface area contributed by atoms with E-state index in [1.54, 1.807) is 0 Å². The molecule has 0 heterocycles. The van der Waals surface area contributed by atoms with Gasteiger partial charge in [-0.25, -0.2) is 0 Å². The van der Waals surface area contributed by atoms with Crippen LogP contribution in [-0.4, -0.2) is 28.6 Å². The third kappa shape index (κ3) is 4.36. The van der Waals surface area contributed by atoms with E-state index in [9.17, 15) is 4.79 Å². The monoisotopic (exact) mass is 255 g/mol. The van der Waals surface area contributed by atoms with Crippen LogP contribution in [0, 0.1) is 6.92 Å². The largest absolute Gasteiger partial charge is 0.480 e. The van der Waals surface area contributed by atoms with E-state index in [0.29, 0.717) is 6.54 Å². The Morgan fingerprint density at radius 1 is 1.47 bits per heavy atom. The molecule has 0 saturated heterocycles. The van der Waals surface area contributed by atoms with Gasteiger partial charge in [-0.3, -0.25) is 9.69 Å². The average molecular weight is 256 g/mol. The fourth-order valence-corrected chi connectivity index (χ4v) is 1.75. The molecule has 0 atom stereocenters. The summed E-state index contributed by atoms with van der Waals surface area (Å²) in [7, 11) is 0. The SMILES string of the molecule is Cc1cc(CN(CC(=O)O)C(C)C)ccc1Cl. The van der Waals surface area contributed by atoms with Crippen LogP contribution >= 0.6 is 11.6 Å². The zero-order chi connectivity index (χ0) is 13.0. The Hall–Kier alpha value is -1.06. The van der Waals surface area contributed by atoms with Crippen LogP contribution in [0.25, 0.3) is 0 Å². The van der Waals surface area contributed by atoms with E-state index in [-0.39, 0.29) is 12.6 Å². The minimum atomic E-state index is -0.801. The normalized spacial score (nSPS) is 11.2. The molecule has 0 unspecified atom stereocenters. The fourth-order valence-electron chi connectivity index (χ4n) is 1.63. The van der Waals surface area contributed by atoms with Crippen molar-refractivity contribution in [2.75, 3.05) is 6.54 Å². The van der Waals surface area contributed by atoms with E-state index in [1.807, 2.05) is 43.9 Å². The van der Waals surface area contributed by atoms with Crippen molar-refractivity contribution in [3.63, 3.8) is 0 Å². The molecular weight excluding hydrogens is 238 g/mol. The van der Waals surface area contributed by atoms with Crippen molar-refractivity contribution in [1.82, 2.24) is 4.90 Å². The van der Waals surface area contributed by atoms with Crippen molar-refractivity contribution in [2.24, 2.45) is 0 Å². The molecule has 17 heavy (non-hydrogen) atoms. The molecule has 0 spiro atoms. The summed E-state index contributed by atoms with van der Waals surface area (Å²) >= 11 is 5.96. The molecule has 1 aromatic carbocycles. The minimum absolute atomic E-state index is 0.0549. The Kier molecular flexibility index (Phi) is 4.97. The summed E-state index contributed by atoms with van der Waals surface area (Å²) in [6.07, 6.45) is 0. The fraction of sp³-hybridized carbons (Fsp3) is 0.462. The van der Waals surface area contributed by atoms with Crippen LogP contribution in [0.15, 0.2) is 18.2 Å². The lowest BCUT2D eigenvalue weighted by Gasteiger charge is -2.24. The first-order valence-electron chi connectivity index (χ1n) is 5.61. The van der Waals surface area contributed by atoms with E-state index < -0.39 is 5.97 Å². The summed E-state index contributed by atoms with van der Waals surface area (Å²) in [6.45, 7) is 6.61. The number of rotatable bonds is 5. The first-order valence-corrected chi connectivity index (χ1v) is 5.99. The quantitative estimate of drug-likeness (QED) is 0.880. The number of nitrogens with zero attached hydrogens (tertiary/aromatic N) is 1. The standard InChI is InChI=1S/C13H18ClNO2/c1-9(2)15(8-13(16)17)7-11-4-5-12(14)10(3)6-11/h4-6,9H,7-8H2,1-3H3,(H,16,17). The molecule has 1 rings (SSSR count). The second kappa shape index (κ2) is 6.03. The van der Waals surface area contributed by atoms with E-state index in [2.05, 4.69) is 0 Å². The number of aryl methyl sites for hydroxylation is 1. The first kappa shape index (κ1) is 14.0. The number of benzene rings is 1. The highest BCUT2D eigenvalue weighted by Gasteiger charge is 2.13. The Balaban J connectivity index is 2.78. The smallest absolute Gasteiger partial charge is 0.317 e. The predicted octanol–water partition coefficient (Wildman–Crippen LogP) is 2.94. The lowest BCUT2D eigenvalue weighted by Crippen LogP contribution is -2.35. The van der Waals surface area contributed by atoms with Crippen molar-refractivity contribution >= 4 is 17.6 Å². The van der Waals surface area contributed by atoms with Crippen LogP contribution in [0.5, 0.6) is 0 Å². The van der Waals surface area contributed by atoms with Gasteiger partial charge in [0, 0.05) is 17.6 Å². The molecule has 1 N–H and O–H groups in total. The Morgan fingerprint density at radius 3 is 2.59 bits per heavy atom. The van der Waals surface area contributed by atoms with Gasteiger partial charge in [0.05, 0.1) is 6.54 Å². The minimum Gasteiger partial charge on any atom is -0.480 e. The van der Waals surface area contributed by atoms with Gasteiger partial charge in [-0.05, 0) is 38.0 Å². The molecule has 0 saturated carbocycles. The van der Waals surface area contributed by atoms with Gasteiger partial charge in [0.2, 0.25) is 0 Å². The summed E-state index contributed by atoms with van der Waals surface area (Å²) in [5.74, 6) is -0.801. The van der Waals surface area contributed by atoms with Gasteiger partial charge in [-0.2, -0.15) is 0 Å². The number of aliphatic carboxylic acids is 1. The Bertz CT molecular complexity index is 404. The van der Waals surface area contributed by atoms with Crippen LogP contribution in [-0.2, 0) is 11.3 Å². The van der Waals surface area contributed by atoms with Crippen LogP contribution in [0.4, 0.5) is 0 Å². The molecule has 0 aliphatic heterocycles.